The number of anilines is 1. The molecular formula is C12H15N5O. The van der Waals surface area contributed by atoms with Gasteiger partial charge in [0.1, 0.15) is 0 Å². The molecule has 0 fully saturated rings. The Bertz CT molecular complexity index is 576. The van der Waals surface area contributed by atoms with Crippen LogP contribution in [0.4, 0.5) is 5.69 Å². The van der Waals surface area contributed by atoms with Crippen LogP contribution < -0.4 is 11.1 Å². The Kier molecular flexibility index (Phi) is 3.27. The van der Waals surface area contributed by atoms with Gasteiger partial charge in [0, 0.05) is 30.8 Å². The number of carbonyl (C=O) groups excluding carboxylic acids is 1. The van der Waals surface area contributed by atoms with E-state index in [9.17, 15) is 4.79 Å². The summed E-state index contributed by atoms with van der Waals surface area (Å²) in [6.07, 6.45) is 3.31. The van der Waals surface area contributed by atoms with Crippen molar-refractivity contribution in [1.82, 2.24) is 20.1 Å². The van der Waals surface area contributed by atoms with Gasteiger partial charge in [0.05, 0.1) is 17.8 Å². The van der Waals surface area contributed by atoms with E-state index in [0.717, 1.165) is 11.4 Å². The maximum atomic E-state index is 11.9. The fourth-order valence-corrected chi connectivity index (χ4v) is 1.59. The number of aryl methyl sites for hydroxylation is 2. The maximum absolute atomic E-state index is 11.9. The van der Waals surface area contributed by atoms with Crippen LogP contribution in [0.2, 0.25) is 0 Å². The number of amides is 1. The van der Waals surface area contributed by atoms with Gasteiger partial charge in [-0.2, -0.15) is 5.10 Å². The average molecular weight is 245 g/mol. The molecule has 0 aliphatic carbocycles. The second kappa shape index (κ2) is 4.87. The molecule has 2 rings (SSSR count). The van der Waals surface area contributed by atoms with Crippen molar-refractivity contribution < 1.29 is 4.79 Å². The van der Waals surface area contributed by atoms with Crippen molar-refractivity contribution in [2.45, 2.75) is 13.5 Å². The van der Waals surface area contributed by atoms with E-state index in [4.69, 9.17) is 5.73 Å². The molecule has 94 valence electrons. The van der Waals surface area contributed by atoms with Crippen molar-refractivity contribution in [3.05, 3.63) is 41.5 Å². The standard InChI is InChI=1S/C12H15N5O/c1-8-5-11(13)10(7-14-8)12(18)15-6-9-3-4-17(2)16-9/h3-5,7H,6H2,1-2H3,(H2,13,14)(H,15,18). The first-order chi connectivity index (χ1) is 8.56. The molecule has 6 heteroatoms. The molecule has 0 saturated carbocycles. The molecule has 3 N–H and O–H groups in total. The molecule has 6 nitrogen and oxygen atoms in total. The van der Waals surface area contributed by atoms with Gasteiger partial charge in [-0.25, -0.2) is 0 Å². The van der Waals surface area contributed by atoms with Gasteiger partial charge >= 0.3 is 0 Å². The number of nitrogens with two attached hydrogens (primary N) is 1. The van der Waals surface area contributed by atoms with E-state index in [1.807, 2.05) is 26.2 Å². The molecule has 0 atom stereocenters. The van der Waals surface area contributed by atoms with Crippen molar-refractivity contribution in [2.24, 2.45) is 7.05 Å². The molecule has 0 aromatic carbocycles. The first-order valence-corrected chi connectivity index (χ1v) is 5.55. The second-order valence-corrected chi connectivity index (χ2v) is 4.08. The van der Waals surface area contributed by atoms with Crippen LogP contribution in [-0.2, 0) is 13.6 Å². The topological polar surface area (TPSA) is 85.8 Å². The minimum Gasteiger partial charge on any atom is -0.398 e. The van der Waals surface area contributed by atoms with Crippen LogP contribution in [0.1, 0.15) is 21.7 Å². The largest absolute Gasteiger partial charge is 0.398 e. The molecule has 0 bridgehead atoms. The quantitative estimate of drug-likeness (QED) is 0.830. The van der Waals surface area contributed by atoms with Gasteiger partial charge in [-0.1, -0.05) is 0 Å². The molecule has 0 unspecified atom stereocenters. The molecule has 2 aromatic heterocycles. The fraction of sp³-hybridized carbons (Fsp3) is 0.250. The average Bonchev–Trinajstić information content (AvgIpc) is 2.72. The Hall–Kier alpha value is -2.37. The summed E-state index contributed by atoms with van der Waals surface area (Å²) in [5.41, 5.74) is 8.17. The summed E-state index contributed by atoms with van der Waals surface area (Å²) in [6.45, 7) is 2.19. The van der Waals surface area contributed by atoms with Crippen LogP contribution in [-0.4, -0.2) is 20.7 Å². The van der Waals surface area contributed by atoms with E-state index in [1.165, 1.54) is 6.20 Å². The second-order valence-electron chi connectivity index (χ2n) is 4.08. The number of hydrogen-bond acceptors (Lipinski definition) is 4. The zero-order chi connectivity index (χ0) is 13.1. The number of nitrogens with zero attached hydrogens (tertiary/aromatic N) is 3. The molecule has 0 radical (unpaired) electrons. The van der Waals surface area contributed by atoms with Crippen molar-refractivity contribution in [3.63, 3.8) is 0 Å². The number of pyridine rings is 1. The zero-order valence-corrected chi connectivity index (χ0v) is 10.3. The van der Waals surface area contributed by atoms with Gasteiger partial charge < -0.3 is 11.1 Å². The third-order valence-electron chi connectivity index (χ3n) is 2.52. The first-order valence-electron chi connectivity index (χ1n) is 5.55. The highest BCUT2D eigenvalue weighted by molar-refractivity contribution is 5.98. The maximum Gasteiger partial charge on any atom is 0.255 e. The van der Waals surface area contributed by atoms with E-state index in [2.05, 4.69) is 15.4 Å². The van der Waals surface area contributed by atoms with Gasteiger partial charge in [0.2, 0.25) is 0 Å². The van der Waals surface area contributed by atoms with Crippen molar-refractivity contribution in [3.8, 4) is 0 Å². The van der Waals surface area contributed by atoms with E-state index in [0.29, 0.717) is 17.8 Å². The summed E-state index contributed by atoms with van der Waals surface area (Å²) in [7, 11) is 1.83. The monoisotopic (exact) mass is 245 g/mol. The summed E-state index contributed by atoms with van der Waals surface area (Å²) < 4.78 is 1.68. The SMILES string of the molecule is Cc1cc(N)c(C(=O)NCc2ccn(C)n2)cn1. The molecule has 18 heavy (non-hydrogen) atoms. The highest BCUT2D eigenvalue weighted by atomic mass is 16.1. The van der Waals surface area contributed by atoms with Gasteiger partial charge in [-0.15, -0.1) is 0 Å². The lowest BCUT2D eigenvalue weighted by Gasteiger charge is -2.06. The van der Waals surface area contributed by atoms with Gasteiger partial charge in [0.15, 0.2) is 0 Å². The number of hydrogen-bond donors (Lipinski definition) is 2. The molecule has 0 spiro atoms. The Labute approximate surface area is 105 Å². The van der Waals surface area contributed by atoms with E-state index in [1.54, 1.807) is 10.7 Å². The Morgan fingerprint density at radius 2 is 2.33 bits per heavy atom. The van der Waals surface area contributed by atoms with Gasteiger partial charge in [-0.3, -0.25) is 14.5 Å². The third kappa shape index (κ3) is 2.65. The molecular weight excluding hydrogens is 230 g/mol. The lowest BCUT2D eigenvalue weighted by atomic mass is 10.2. The number of aromatic nitrogens is 3. The van der Waals surface area contributed by atoms with Crippen LogP contribution in [0.25, 0.3) is 0 Å². The van der Waals surface area contributed by atoms with Crippen LogP contribution in [0.15, 0.2) is 24.5 Å². The smallest absolute Gasteiger partial charge is 0.255 e. The summed E-state index contributed by atoms with van der Waals surface area (Å²) in [5.74, 6) is -0.245. The van der Waals surface area contributed by atoms with Crippen molar-refractivity contribution >= 4 is 11.6 Å². The molecule has 0 aliphatic heterocycles. The highest BCUT2D eigenvalue weighted by Crippen LogP contribution is 2.11. The number of rotatable bonds is 3. The van der Waals surface area contributed by atoms with Gasteiger partial charge in [-0.05, 0) is 19.1 Å². The first kappa shape index (κ1) is 12.1. The summed E-state index contributed by atoms with van der Waals surface area (Å²) >= 11 is 0. The number of carbonyl (C=O) groups is 1. The third-order valence-corrected chi connectivity index (χ3v) is 2.52. The predicted octanol–water partition coefficient (Wildman–Crippen LogP) is 0.636. The fourth-order valence-electron chi connectivity index (χ4n) is 1.59. The normalized spacial score (nSPS) is 10.3. The summed E-state index contributed by atoms with van der Waals surface area (Å²) in [5, 5.41) is 6.92. The zero-order valence-electron chi connectivity index (χ0n) is 10.3. The Morgan fingerprint density at radius 3 is 2.94 bits per heavy atom. The van der Waals surface area contributed by atoms with Crippen LogP contribution in [0, 0.1) is 6.92 Å². The Morgan fingerprint density at radius 1 is 1.56 bits per heavy atom. The van der Waals surface area contributed by atoms with Crippen molar-refractivity contribution in [1.29, 1.82) is 0 Å². The van der Waals surface area contributed by atoms with Crippen LogP contribution in [0.3, 0.4) is 0 Å². The molecule has 2 aromatic rings. The number of nitrogens with one attached hydrogen (secondary N) is 1. The highest BCUT2D eigenvalue weighted by Gasteiger charge is 2.10. The lowest BCUT2D eigenvalue weighted by molar-refractivity contribution is 0.0951. The minimum absolute atomic E-state index is 0.245. The van der Waals surface area contributed by atoms with Crippen LogP contribution >= 0.6 is 0 Å². The van der Waals surface area contributed by atoms with Gasteiger partial charge in [0.25, 0.3) is 5.91 Å². The minimum atomic E-state index is -0.245. The van der Waals surface area contributed by atoms with Crippen LogP contribution in [0.5, 0.6) is 0 Å². The molecule has 0 aliphatic rings. The Balaban J connectivity index is 2.03. The predicted molar refractivity (Wildman–Crippen MR) is 67.8 cm³/mol. The summed E-state index contributed by atoms with van der Waals surface area (Å²) in [4.78, 5) is 16.0. The van der Waals surface area contributed by atoms with E-state index < -0.39 is 0 Å². The lowest BCUT2D eigenvalue weighted by Crippen LogP contribution is -2.24. The molecule has 2 heterocycles. The molecule has 1 amide bonds. The van der Waals surface area contributed by atoms with E-state index >= 15 is 0 Å². The van der Waals surface area contributed by atoms with Crippen molar-refractivity contribution in [2.75, 3.05) is 5.73 Å². The number of nitrogen functional groups attached to an aromatic ring is 1. The van der Waals surface area contributed by atoms with E-state index in [-0.39, 0.29) is 5.91 Å². The molecule has 0 saturated heterocycles. The summed E-state index contributed by atoms with van der Waals surface area (Å²) in [6, 6.07) is 3.52.